The molecule has 0 saturated carbocycles. The SMILES string of the molecule is COc1ccccc1N1CCN(Cc2ccc(C(C)N3CCCCC3=O)n2C)CC1.Cl. The third-order valence-corrected chi connectivity index (χ3v) is 6.70. The Morgan fingerprint density at radius 3 is 2.45 bits per heavy atom. The lowest BCUT2D eigenvalue weighted by molar-refractivity contribution is -0.135. The second-order valence-electron chi connectivity index (χ2n) is 8.46. The standard InChI is InChI=1S/C24H34N4O2.ClH/c1-19(28-13-7-6-10-24(28)29)21-12-11-20(25(21)2)18-26-14-16-27(17-15-26)22-8-4-5-9-23(22)30-3;/h4-5,8-9,11-12,19H,6-7,10,13-18H2,1-3H3;1H. The maximum absolute atomic E-state index is 12.3. The van der Waals surface area contributed by atoms with Crippen molar-refractivity contribution in [2.75, 3.05) is 44.7 Å². The van der Waals surface area contributed by atoms with Crippen LogP contribution in [-0.2, 0) is 18.4 Å². The number of piperidine rings is 1. The number of ether oxygens (including phenoxy) is 1. The van der Waals surface area contributed by atoms with Crippen molar-refractivity contribution >= 4 is 24.0 Å². The summed E-state index contributed by atoms with van der Waals surface area (Å²) in [6.45, 7) is 8.03. The van der Waals surface area contributed by atoms with Crippen molar-refractivity contribution in [3.8, 4) is 5.75 Å². The van der Waals surface area contributed by atoms with Gasteiger partial charge in [0.15, 0.2) is 0 Å². The number of carbonyl (C=O) groups is 1. The molecule has 1 aromatic carbocycles. The second kappa shape index (κ2) is 10.4. The van der Waals surface area contributed by atoms with Crippen molar-refractivity contribution < 1.29 is 9.53 Å². The smallest absolute Gasteiger partial charge is 0.223 e. The predicted molar refractivity (Wildman–Crippen MR) is 127 cm³/mol. The van der Waals surface area contributed by atoms with Crippen LogP contribution in [-0.4, -0.2) is 60.1 Å². The van der Waals surface area contributed by atoms with Gasteiger partial charge in [0, 0.05) is 64.1 Å². The Bertz CT molecular complexity index is 876. The Balaban J connectivity index is 0.00000272. The normalized spacial score (nSPS) is 18.6. The van der Waals surface area contributed by atoms with Gasteiger partial charge in [0.25, 0.3) is 0 Å². The highest BCUT2D eigenvalue weighted by Gasteiger charge is 2.26. The van der Waals surface area contributed by atoms with Crippen LogP contribution in [0.25, 0.3) is 0 Å². The number of rotatable bonds is 6. The summed E-state index contributed by atoms with van der Waals surface area (Å²) in [4.78, 5) is 19.3. The van der Waals surface area contributed by atoms with Gasteiger partial charge in [0.1, 0.15) is 5.75 Å². The number of para-hydroxylation sites is 2. The predicted octanol–water partition coefficient (Wildman–Crippen LogP) is 3.85. The van der Waals surface area contributed by atoms with Crippen LogP contribution in [0.5, 0.6) is 5.75 Å². The molecule has 2 aromatic rings. The topological polar surface area (TPSA) is 41.0 Å². The molecular weight excluding hydrogens is 412 g/mol. The number of benzene rings is 1. The molecule has 0 spiro atoms. The molecule has 1 atom stereocenters. The van der Waals surface area contributed by atoms with Crippen LogP contribution in [0.2, 0.25) is 0 Å². The van der Waals surface area contributed by atoms with E-state index in [4.69, 9.17) is 4.74 Å². The van der Waals surface area contributed by atoms with E-state index in [1.54, 1.807) is 7.11 Å². The fourth-order valence-electron chi connectivity index (χ4n) is 4.81. The van der Waals surface area contributed by atoms with Crippen molar-refractivity contribution in [3.05, 3.63) is 47.8 Å². The minimum atomic E-state index is 0. The Morgan fingerprint density at radius 1 is 1.00 bits per heavy atom. The average molecular weight is 447 g/mol. The molecule has 170 valence electrons. The molecule has 4 rings (SSSR count). The Kier molecular flexibility index (Phi) is 7.89. The molecule has 3 heterocycles. The minimum Gasteiger partial charge on any atom is -0.495 e. The fourth-order valence-corrected chi connectivity index (χ4v) is 4.81. The summed E-state index contributed by atoms with van der Waals surface area (Å²) in [5, 5.41) is 0. The number of methoxy groups -OCH3 is 1. The summed E-state index contributed by atoms with van der Waals surface area (Å²) < 4.78 is 7.82. The number of piperazine rings is 1. The van der Waals surface area contributed by atoms with E-state index in [2.05, 4.69) is 57.5 Å². The largest absolute Gasteiger partial charge is 0.495 e. The maximum Gasteiger partial charge on any atom is 0.223 e. The van der Waals surface area contributed by atoms with Gasteiger partial charge >= 0.3 is 0 Å². The molecule has 2 fully saturated rings. The number of anilines is 1. The van der Waals surface area contributed by atoms with Gasteiger partial charge in [-0.2, -0.15) is 0 Å². The van der Waals surface area contributed by atoms with E-state index in [0.29, 0.717) is 12.3 Å². The van der Waals surface area contributed by atoms with E-state index < -0.39 is 0 Å². The van der Waals surface area contributed by atoms with Crippen molar-refractivity contribution in [3.63, 3.8) is 0 Å². The summed E-state index contributed by atoms with van der Waals surface area (Å²) in [6, 6.07) is 12.8. The Morgan fingerprint density at radius 2 is 1.74 bits per heavy atom. The highest BCUT2D eigenvalue weighted by molar-refractivity contribution is 5.85. The van der Waals surface area contributed by atoms with Crippen LogP contribution in [0.4, 0.5) is 5.69 Å². The molecule has 2 aliphatic rings. The van der Waals surface area contributed by atoms with Crippen LogP contribution < -0.4 is 9.64 Å². The quantitative estimate of drug-likeness (QED) is 0.675. The van der Waals surface area contributed by atoms with Crippen LogP contribution >= 0.6 is 12.4 Å². The van der Waals surface area contributed by atoms with Gasteiger partial charge in [-0.15, -0.1) is 12.4 Å². The molecule has 0 radical (unpaired) electrons. The molecule has 1 amide bonds. The molecule has 6 nitrogen and oxygen atoms in total. The number of halogens is 1. The third kappa shape index (κ3) is 5.01. The number of amides is 1. The van der Waals surface area contributed by atoms with E-state index >= 15 is 0 Å². The van der Waals surface area contributed by atoms with Gasteiger partial charge < -0.3 is 19.1 Å². The highest BCUT2D eigenvalue weighted by Crippen LogP contribution is 2.29. The lowest BCUT2D eigenvalue weighted by Crippen LogP contribution is -2.46. The van der Waals surface area contributed by atoms with Crippen LogP contribution in [0.3, 0.4) is 0 Å². The first-order chi connectivity index (χ1) is 14.6. The summed E-state index contributed by atoms with van der Waals surface area (Å²) >= 11 is 0. The molecular formula is C24H35ClN4O2. The molecule has 1 aromatic heterocycles. The zero-order chi connectivity index (χ0) is 21.1. The molecule has 2 saturated heterocycles. The highest BCUT2D eigenvalue weighted by atomic mass is 35.5. The molecule has 2 aliphatic heterocycles. The Hall–Kier alpha value is -2.18. The lowest BCUT2D eigenvalue weighted by Gasteiger charge is -2.37. The summed E-state index contributed by atoms with van der Waals surface area (Å²) in [5.74, 6) is 1.24. The molecule has 0 bridgehead atoms. The van der Waals surface area contributed by atoms with Gasteiger partial charge in [-0.25, -0.2) is 0 Å². The third-order valence-electron chi connectivity index (χ3n) is 6.70. The average Bonchev–Trinajstić information content (AvgIpc) is 3.14. The second-order valence-corrected chi connectivity index (χ2v) is 8.46. The van der Waals surface area contributed by atoms with Gasteiger partial charge in [0.05, 0.1) is 18.8 Å². The van der Waals surface area contributed by atoms with Crippen LogP contribution in [0, 0.1) is 0 Å². The van der Waals surface area contributed by atoms with E-state index in [-0.39, 0.29) is 18.4 Å². The Labute approximate surface area is 192 Å². The number of hydrogen-bond donors (Lipinski definition) is 0. The minimum absolute atomic E-state index is 0. The van der Waals surface area contributed by atoms with Crippen molar-refractivity contribution in [1.82, 2.24) is 14.4 Å². The first-order valence-electron chi connectivity index (χ1n) is 11.1. The van der Waals surface area contributed by atoms with Crippen molar-refractivity contribution in [1.29, 1.82) is 0 Å². The van der Waals surface area contributed by atoms with Gasteiger partial charge in [0.2, 0.25) is 5.91 Å². The number of likely N-dealkylation sites (tertiary alicyclic amines) is 1. The first kappa shape index (κ1) is 23.5. The number of aromatic nitrogens is 1. The van der Waals surface area contributed by atoms with Gasteiger partial charge in [-0.1, -0.05) is 12.1 Å². The van der Waals surface area contributed by atoms with E-state index in [9.17, 15) is 4.79 Å². The van der Waals surface area contributed by atoms with Crippen LogP contribution in [0.1, 0.15) is 43.6 Å². The molecule has 1 unspecified atom stereocenters. The van der Waals surface area contributed by atoms with Crippen LogP contribution in [0.15, 0.2) is 36.4 Å². The van der Waals surface area contributed by atoms with E-state index in [1.807, 2.05) is 12.1 Å². The summed E-state index contributed by atoms with van der Waals surface area (Å²) in [6.07, 6.45) is 2.84. The van der Waals surface area contributed by atoms with Gasteiger partial charge in [-0.3, -0.25) is 9.69 Å². The molecule has 0 aliphatic carbocycles. The van der Waals surface area contributed by atoms with Crippen molar-refractivity contribution in [2.24, 2.45) is 7.05 Å². The van der Waals surface area contributed by atoms with E-state index in [0.717, 1.165) is 57.9 Å². The van der Waals surface area contributed by atoms with Gasteiger partial charge in [-0.05, 0) is 44.0 Å². The lowest BCUT2D eigenvalue weighted by atomic mass is 10.1. The number of carbonyl (C=O) groups excluding carboxylic acids is 1. The fraction of sp³-hybridized carbons (Fsp3) is 0.542. The molecule has 7 heteroatoms. The molecule has 31 heavy (non-hydrogen) atoms. The first-order valence-corrected chi connectivity index (χ1v) is 11.1. The summed E-state index contributed by atoms with van der Waals surface area (Å²) in [7, 11) is 3.88. The number of hydrogen-bond acceptors (Lipinski definition) is 4. The zero-order valence-electron chi connectivity index (χ0n) is 18.9. The zero-order valence-corrected chi connectivity index (χ0v) is 19.7. The van der Waals surface area contributed by atoms with E-state index in [1.165, 1.54) is 17.1 Å². The summed E-state index contributed by atoms with van der Waals surface area (Å²) in [5.41, 5.74) is 3.72. The molecule has 0 N–H and O–H groups in total. The monoisotopic (exact) mass is 446 g/mol. The van der Waals surface area contributed by atoms with Crippen molar-refractivity contribution in [2.45, 2.75) is 38.8 Å². The number of nitrogens with zero attached hydrogens (tertiary/aromatic N) is 4. The maximum atomic E-state index is 12.3.